The molecule has 4 heteroatoms. The molecule has 118 valence electrons. The van der Waals surface area contributed by atoms with Gasteiger partial charge in [0.2, 0.25) is 0 Å². The van der Waals surface area contributed by atoms with Crippen LogP contribution in [0.1, 0.15) is 5.56 Å². The molecule has 0 amide bonds. The Labute approximate surface area is 137 Å². The summed E-state index contributed by atoms with van der Waals surface area (Å²) in [6, 6.07) is 19.9. The maximum absolute atomic E-state index is 12.2. The topological polar surface area (TPSA) is 59.7 Å². The van der Waals surface area contributed by atoms with Crippen molar-refractivity contribution in [3.63, 3.8) is 0 Å². The zero-order chi connectivity index (χ0) is 16.5. The number of benzene rings is 3. The third kappa shape index (κ3) is 2.58. The lowest BCUT2D eigenvalue weighted by molar-refractivity contribution is 0.306. The maximum atomic E-state index is 12.2. The number of phenols is 1. The van der Waals surface area contributed by atoms with E-state index < -0.39 is 5.63 Å². The number of hydrogen-bond acceptors (Lipinski definition) is 4. The predicted molar refractivity (Wildman–Crippen MR) is 92.4 cm³/mol. The average molecular weight is 318 g/mol. The Balaban J connectivity index is 1.75. The van der Waals surface area contributed by atoms with Crippen molar-refractivity contribution >= 4 is 21.7 Å². The summed E-state index contributed by atoms with van der Waals surface area (Å²) in [6.45, 7) is 0.430. The minimum absolute atomic E-state index is 0.0628. The van der Waals surface area contributed by atoms with Crippen LogP contribution in [0.2, 0.25) is 0 Å². The van der Waals surface area contributed by atoms with Crippen molar-refractivity contribution in [3.8, 4) is 11.5 Å². The van der Waals surface area contributed by atoms with Gasteiger partial charge in [0.1, 0.15) is 23.7 Å². The summed E-state index contributed by atoms with van der Waals surface area (Å²) in [5.41, 5.74) is 0.970. The van der Waals surface area contributed by atoms with Gasteiger partial charge in [0, 0.05) is 16.8 Å². The van der Waals surface area contributed by atoms with E-state index in [2.05, 4.69) is 0 Å². The Hall–Kier alpha value is -3.27. The zero-order valence-electron chi connectivity index (χ0n) is 12.7. The van der Waals surface area contributed by atoms with Crippen molar-refractivity contribution < 1.29 is 14.3 Å². The average Bonchev–Trinajstić information content (AvgIpc) is 2.61. The number of fused-ring (bicyclic) bond motifs is 3. The summed E-state index contributed by atoms with van der Waals surface area (Å²) in [5, 5.41) is 11.5. The predicted octanol–water partition coefficient (Wildman–Crippen LogP) is 4.23. The molecule has 0 radical (unpaired) electrons. The minimum Gasteiger partial charge on any atom is -0.508 e. The zero-order valence-corrected chi connectivity index (χ0v) is 12.7. The molecular weight excluding hydrogens is 304 g/mol. The summed E-state index contributed by atoms with van der Waals surface area (Å²) in [6.07, 6.45) is 0. The molecule has 0 saturated carbocycles. The Morgan fingerprint density at radius 1 is 0.875 bits per heavy atom. The molecule has 0 saturated heterocycles. The Bertz CT molecular complexity index is 1080. The smallest absolute Gasteiger partial charge is 0.344 e. The molecule has 4 rings (SSSR count). The Kier molecular flexibility index (Phi) is 3.43. The fourth-order valence-corrected chi connectivity index (χ4v) is 2.73. The van der Waals surface area contributed by atoms with Gasteiger partial charge in [0.15, 0.2) is 0 Å². The molecule has 0 bridgehead atoms. The molecule has 0 aliphatic heterocycles. The Morgan fingerprint density at radius 3 is 2.50 bits per heavy atom. The highest BCUT2D eigenvalue weighted by atomic mass is 16.5. The van der Waals surface area contributed by atoms with Crippen molar-refractivity contribution in [2.45, 2.75) is 6.61 Å². The quantitative estimate of drug-likeness (QED) is 0.453. The normalized spacial score (nSPS) is 11.0. The molecule has 1 N–H and O–H groups in total. The van der Waals surface area contributed by atoms with Gasteiger partial charge in [-0.3, -0.25) is 0 Å². The molecule has 4 nitrogen and oxygen atoms in total. The highest BCUT2D eigenvalue weighted by Gasteiger charge is 2.09. The highest BCUT2D eigenvalue weighted by Crippen LogP contribution is 2.28. The number of hydrogen-bond donors (Lipinski definition) is 1. The van der Waals surface area contributed by atoms with Crippen LogP contribution in [-0.2, 0) is 6.61 Å². The third-order valence-corrected chi connectivity index (χ3v) is 3.92. The second-order valence-corrected chi connectivity index (χ2v) is 5.55. The molecule has 0 unspecified atom stereocenters. The summed E-state index contributed by atoms with van der Waals surface area (Å²) in [4.78, 5) is 12.2. The standard InChI is InChI=1S/C20H14O4/c21-14-6-8-17-16-9-7-15(23-12-13-4-2-1-3-5-13)11-18(16)20(22)24-19(17)10-14/h1-11,21H,12H2. The van der Waals surface area contributed by atoms with Crippen LogP contribution in [0.5, 0.6) is 11.5 Å². The lowest BCUT2D eigenvalue weighted by Crippen LogP contribution is -2.01. The molecule has 0 aliphatic carbocycles. The Morgan fingerprint density at radius 2 is 1.67 bits per heavy atom. The van der Waals surface area contributed by atoms with Gasteiger partial charge in [-0.1, -0.05) is 30.3 Å². The molecule has 3 aromatic carbocycles. The van der Waals surface area contributed by atoms with Crippen molar-refractivity contribution in [3.05, 3.63) is 82.7 Å². The van der Waals surface area contributed by atoms with E-state index in [1.165, 1.54) is 6.07 Å². The van der Waals surface area contributed by atoms with Crippen LogP contribution in [0, 0.1) is 0 Å². The van der Waals surface area contributed by atoms with Crippen LogP contribution < -0.4 is 10.4 Å². The van der Waals surface area contributed by atoms with Gasteiger partial charge < -0.3 is 14.3 Å². The fourth-order valence-electron chi connectivity index (χ4n) is 2.73. The molecule has 0 aliphatic rings. The number of aromatic hydroxyl groups is 1. The van der Waals surface area contributed by atoms with E-state index >= 15 is 0 Å². The lowest BCUT2D eigenvalue weighted by Gasteiger charge is -2.08. The summed E-state index contributed by atoms with van der Waals surface area (Å²) in [5.74, 6) is 0.671. The number of phenolic OH excluding ortho intramolecular Hbond substituents is 1. The van der Waals surface area contributed by atoms with Crippen molar-refractivity contribution in [2.75, 3.05) is 0 Å². The van der Waals surface area contributed by atoms with Crippen LogP contribution in [-0.4, -0.2) is 5.11 Å². The van der Waals surface area contributed by atoms with Gasteiger partial charge in [-0.25, -0.2) is 4.79 Å². The molecular formula is C20H14O4. The van der Waals surface area contributed by atoms with E-state index in [1.807, 2.05) is 42.5 Å². The van der Waals surface area contributed by atoms with Crippen molar-refractivity contribution in [1.82, 2.24) is 0 Å². The van der Waals surface area contributed by atoms with Gasteiger partial charge >= 0.3 is 5.63 Å². The van der Waals surface area contributed by atoms with Gasteiger partial charge in [-0.05, 0) is 35.9 Å². The molecule has 1 aromatic heterocycles. The van der Waals surface area contributed by atoms with Crippen LogP contribution in [0.4, 0.5) is 0 Å². The SMILES string of the molecule is O=c1oc2cc(O)ccc2c2ccc(OCc3ccccc3)cc12. The van der Waals surface area contributed by atoms with Gasteiger partial charge in [0.25, 0.3) is 0 Å². The molecule has 24 heavy (non-hydrogen) atoms. The molecule has 0 atom stereocenters. The van der Waals surface area contributed by atoms with E-state index in [4.69, 9.17) is 9.15 Å². The largest absolute Gasteiger partial charge is 0.508 e. The highest BCUT2D eigenvalue weighted by molar-refractivity contribution is 6.04. The van der Waals surface area contributed by atoms with Gasteiger partial charge in [0.05, 0.1) is 5.39 Å². The number of rotatable bonds is 3. The van der Waals surface area contributed by atoms with Crippen LogP contribution >= 0.6 is 0 Å². The first-order valence-corrected chi connectivity index (χ1v) is 7.57. The van der Waals surface area contributed by atoms with Crippen LogP contribution in [0.25, 0.3) is 21.7 Å². The van der Waals surface area contributed by atoms with Gasteiger partial charge in [-0.15, -0.1) is 0 Å². The first-order chi connectivity index (χ1) is 11.7. The molecule has 0 fully saturated rings. The first-order valence-electron chi connectivity index (χ1n) is 7.57. The molecule has 0 spiro atoms. The van der Waals surface area contributed by atoms with Crippen molar-refractivity contribution in [2.24, 2.45) is 0 Å². The molecule has 1 heterocycles. The monoisotopic (exact) mass is 318 g/mol. The van der Waals surface area contributed by atoms with E-state index in [-0.39, 0.29) is 5.75 Å². The summed E-state index contributed by atoms with van der Waals surface area (Å²) in [7, 11) is 0. The van der Waals surface area contributed by atoms with Crippen LogP contribution in [0.15, 0.2) is 75.9 Å². The summed E-state index contributed by atoms with van der Waals surface area (Å²) < 4.78 is 11.1. The van der Waals surface area contributed by atoms with E-state index in [9.17, 15) is 9.90 Å². The van der Waals surface area contributed by atoms with E-state index in [0.717, 1.165) is 16.3 Å². The van der Waals surface area contributed by atoms with Crippen LogP contribution in [0.3, 0.4) is 0 Å². The first kappa shape index (κ1) is 14.3. The second-order valence-electron chi connectivity index (χ2n) is 5.55. The fraction of sp³-hybridized carbons (Fsp3) is 0.0500. The molecule has 4 aromatic rings. The van der Waals surface area contributed by atoms with Crippen molar-refractivity contribution in [1.29, 1.82) is 0 Å². The maximum Gasteiger partial charge on any atom is 0.344 e. The summed E-state index contributed by atoms with van der Waals surface area (Å²) >= 11 is 0. The lowest BCUT2D eigenvalue weighted by atomic mass is 10.1. The second kappa shape index (κ2) is 5.74. The minimum atomic E-state index is -0.451. The number of ether oxygens (including phenoxy) is 1. The van der Waals surface area contributed by atoms with E-state index in [0.29, 0.717) is 23.3 Å². The van der Waals surface area contributed by atoms with E-state index in [1.54, 1.807) is 18.2 Å². The third-order valence-electron chi connectivity index (χ3n) is 3.92. The van der Waals surface area contributed by atoms with Gasteiger partial charge in [-0.2, -0.15) is 0 Å².